The first kappa shape index (κ1) is 25.9. The van der Waals surface area contributed by atoms with E-state index < -0.39 is 0 Å². The van der Waals surface area contributed by atoms with Gasteiger partial charge in [-0.15, -0.1) is 0 Å². The van der Waals surface area contributed by atoms with Gasteiger partial charge in [-0.2, -0.15) is 5.10 Å². The largest absolute Gasteiger partial charge is 0.501 e. The average molecular weight is 496 g/mol. The first-order valence-electron chi connectivity index (χ1n) is 12.4. The second-order valence-corrected chi connectivity index (χ2v) is 8.90. The van der Waals surface area contributed by atoms with Gasteiger partial charge in [-0.1, -0.05) is 6.08 Å². The van der Waals surface area contributed by atoms with E-state index in [9.17, 15) is 0 Å². The predicted octanol–water partition coefficient (Wildman–Crippen LogP) is 1.14. The number of aliphatic hydroxyl groups is 1. The van der Waals surface area contributed by atoms with Crippen molar-refractivity contribution in [2.45, 2.75) is 24.9 Å². The topological polar surface area (TPSA) is 109 Å². The number of allylic oxidation sites excluding steroid dienone is 2. The summed E-state index contributed by atoms with van der Waals surface area (Å²) >= 11 is 0. The second-order valence-electron chi connectivity index (χ2n) is 8.90. The molecule has 2 heterocycles. The molecule has 0 aromatic carbocycles. The average Bonchev–Trinajstić information content (AvgIpc) is 3.35. The third kappa shape index (κ3) is 6.51. The SMILES string of the molecule is COC1=CC(N(CCNCCNCCO)C2=CCC3N=CC(c4cnn(C)c4)=NC3=C2)CC(OC)=C1. The van der Waals surface area contributed by atoms with Gasteiger partial charge in [0.15, 0.2) is 0 Å². The van der Waals surface area contributed by atoms with Gasteiger partial charge in [-0.3, -0.25) is 9.67 Å². The summed E-state index contributed by atoms with van der Waals surface area (Å²) in [6, 6.07) is 0.125. The number of hydrogen-bond acceptors (Lipinski definition) is 9. The summed E-state index contributed by atoms with van der Waals surface area (Å²) < 4.78 is 13.0. The Bertz CT molecular complexity index is 1080. The quantitative estimate of drug-likeness (QED) is 0.352. The molecule has 2 unspecified atom stereocenters. The van der Waals surface area contributed by atoms with Gasteiger partial charge in [-0.25, -0.2) is 4.99 Å². The summed E-state index contributed by atoms with van der Waals surface area (Å²) in [4.78, 5) is 12.1. The first-order valence-corrected chi connectivity index (χ1v) is 12.4. The minimum absolute atomic E-state index is 0.0395. The van der Waals surface area contributed by atoms with E-state index in [1.165, 1.54) is 0 Å². The van der Waals surface area contributed by atoms with Crippen LogP contribution in [0.15, 0.2) is 69.6 Å². The minimum Gasteiger partial charge on any atom is -0.501 e. The van der Waals surface area contributed by atoms with Gasteiger partial charge in [-0.05, 0) is 18.6 Å². The Kier molecular flexibility index (Phi) is 9.10. The van der Waals surface area contributed by atoms with Crippen molar-refractivity contribution in [3.8, 4) is 0 Å². The zero-order valence-corrected chi connectivity index (χ0v) is 21.4. The van der Waals surface area contributed by atoms with Crippen molar-refractivity contribution in [1.82, 2.24) is 25.3 Å². The van der Waals surface area contributed by atoms with Crippen LogP contribution in [0.4, 0.5) is 0 Å². The lowest BCUT2D eigenvalue weighted by molar-refractivity contribution is 0.211. The highest BCUT2D eigenvalue weighted by molar-refractivity contribution is 6.38. The van der Waals surface area contributed by atoms with Crippen molar-refractivity contribution < 1.29 is 14.6 Å². The van der Waals surface area contributed by atoms with E-state index in [0.717, 1.165) is 73.2 Å². The summed E-state index contributed by atoms with van der Waals surface area (Å²) in [5, 5.41) is 19.9. The van der Waals surface area contributed by atoms with E-state index in [1.54, 1.807) is 18.9 Å². The van der Waals surface area contributed by atoms with Crippen LogP contribution in [0.5, 0.6) is 0 Å². The van der Waals surface area contributed by atoms with Crippen molar-refractivity contribution in [3.05, 3.63) is 65.2 Å². The van der Waals surface area contributed by atoms with Crippen LogP contribution >= 0.6 is 0 Å². The first-order chi connectivity index (χ1) is 17.6. The highest BCUT2D eigenvalue weighted by Crippen LogP contribution is 2.31. The maximum Gasteiger partial charge on any atom is 0.120 e. The van der Waals surface area contributed by atoms with E-state index >= 15 is 0 Å². The molecule has 10 nitrogen and oxygen atoms in total. The summed E-state index contributed by atoms with van der Waals surface area (Å²) in [6.45, 7) is 4.02. The van der Waals surface area contributed by atoms with Crippen LogP contribution in [0.2, 0.25) is 0 Å². The number of nitrogens with zero attached hydrogens (tertiary/aromatic N) is 5. The molecule has 194 valence electrons. The van der Waals surface area contributed by atoms with E-state index in [4.69, 9.17) is 24.6 Å². The summed E-state index contributed by atoms with van der Waals surface area (Å²) in [6.07, 6.45) is 15.7. The van der Waals surface area contributed by atoms with Crippen LogP contribution in [0.3, 0.4) is 0 Å². The van der Waals surface area contributed by atoms with Crippen LogP contribution in [-0.4, -0.2) is 97.3 Å². The number of ether oxygens (including phenoxy) is 2. The zero-order chi connectivity index (χ0) is 25.3. The fourth-order valence-electron chi connectivity index (χ4n) is 4.51. The molecule has 0 amide bonds. The predicted molar refractivity (Wildman–Crippen MR) is 141 cm³/mol. The Morgan fingerprint density at radius 1 is 1.14 bits per heavy atom. The van der Waals surface area contributed by atoms with Gasteiger partial charge in [0, 0.05) is 75.9 Å². The number of methoxy groups -OCH3 is 2. The molecule has 2 aliphatic carbocycles. The zero-order valence-electron chi connectivity index (χ0n) is 21.4. The normalized spacial score (nSPS) is 21.1. The summed E-state index contributed by atoms with van der Waals surface area (Å²) in [5.41, 5.74) is 3.89. The number of rotatable bonds is 13. The molecule has 0 bridgehead atoms. The Morgan fingerprint density at radius 3 is 2.69 bits per heavy atom. The van der Waals surface area contributed by atoms with Gasteiger partial charge < -0.3 is 30.1 Å². The standard InChI is InChI=1S/C26H37N7O3/c1-32-18-19(16-30-32)26-17-29-24-5-4-20(14-25(24)31-26)33(10-8-27-6-7-28-9-11-34)21-12-22(35-2)15-23(13-21)36-3/h4,12,14-18,21,24,27-28,34H,5-11,13H2,1-3H3. The number of aliphatic imine (C=N–C) groups is 2. The van der Waals surface area contributed by atoms with Gasteiger partial charge in [0.05, 0.1) is 50.5 Å². The maximum absolute atomic E-state index is 8.92. The monoisotopic (exact) mass is 495 g/mol. The van der Waals surface area contributed by atoms with E-state index in [2.05, 4.69) is 38.9 Å². The maximum atomic E-state index is 8.92. The van der Waals surface area contributed by atoms with Crippen molar-refractivity contribution in [2.24, 2.45) is 17.0 Å². The molecular formula is C26H37N7O3. The Morgan fingerprint density at radius 2 is 1.97 bits per heavy atom. The van der Waals surface area contributed by atoms with Crippen molar-refractivity contribution in [2.75, 3.05) is 53.6 Å². The van der Waals surface area contributed by atoms with Crippen LogP contribution in [0.1, 0.15) is 18.4 Å². The molecule has 4 rings (SSSR count). The number of nitrogens with one attached hydrogen (secondary N) is 2. The summed E-state index contributed by atoms with van der Waals surface area (Å²) in [5.74, 6) is 1.70. The molecular weight excluding hydrogens is 458 g/mol. The number of aliphatic hydroxyl groups excluding tert-OH is 1. The minimum atomic E-state index is 0.0395. The Hall–Kier alpha value is -3.21. The molecule has 1 aromatic rings. The molecule has 0 spiro atoms. The Labute approximate surface area is 212 Å². The fraction of sp³-hybridized carbons (Fsp3) is 0.500. The molecule has 1 aromatic heterocycles. The number of hydrogen-bond donors (Lipinski definition) is 3. The van der Waals surface area contributed by atoms with Crippen LogP contribution < -0.4 is 10.6 Å². The number of aryl methyl sites for hydroxylation is 1. The molecule has 0 saturated heterocycles. The van der Waals surface area contributed by atoms with Gasteiger partial charge in [0.25, 0.3) is 0 Å². The highest BCUT2D eigenvalue weighted by Gasteiger charge is 2.28. The molecule has 3 N–H and O–H groups in total. The summed E-state index contributed by atoms with van der Waals surface area (Å²) in [7, 11) is 5.29. The van der Waals surface area contributed by atoms with Crippen LogP contribution in [-0.2, 0) is 16.5 Å². The molecule has 0 radical (unpaired) electrons. The van der Waals surface area contributed by atoms with Crippen LogP contribution in [0, 0.1) is 0 Å². The lowest BCUT2D eigenvalue weighted by atomic mass is 9.98. The van der Waals surface area contributed by atoms with Crippen molar-refractivity contribution in [3.63, 3.8) is 0 Å². The van der Waals surface area contributed by atoms with Crippen LogP contribution in [0.25, 0.3) is 0 Å². The molecule has 0 saturated carbocycles. The lowest BCUT2D eigenvalue weighted by Crippen LogP contribution is -2.41. The van der Waals surface area contributed by atoms with E-state index in [0.29, 0.717) is 6.54 Å². The third-order valence-electron chi connectivity index (χ3n) is 6.41. The molecule has 0 fully saturated rings. The third-order valence-corrected chi connectivity index (χ3v) is 6.41. The van der Waals surface area contributed by atoms with Gasteiger partial charge in [0.1, 0.15) is 11.5 Å². The molecule has 1 aliphatic heterocycles. The fourth-order valence-corrected chi connectivity index (χ4v) is 4.51. The number of aromatic nitrogens is 2. The molecule has 36 heavy (non-hydrogen) atoms. The van der Waals surface area contributed by atoms with E-state index in [1.807, 2.05) is 31.7 Å². The van der Waals surface area contributed by atoms with Crippen molar-refractivity contribution >= 4 is 11.9 Å². The smallest absolute Gasteiger partial charge is 0.120 e. The Balaban J connectivity index is 1.52. The second kappa shape index (κ2) is 12.7. The molecule has 2 atom stereocenters. The van der Waals surface area contributed by atoms with Gasteiger partial charge in [0.2, 0.25) is 0 Å². The van der Waals surface area contributed by atoms with Gasteiger partial charge >= 0.3 is 0 Å². The highest BCUT2D eigenvalue weighted by atomic mass is 16.5. The molecule has 3 aliphatic rings. The number of fused-ring (bicyclic) bond motifs is 1. The molecule has 10 heteroatoms. The van der Waals surface area contributed by atoms with Crippen molar-refractivity contribution in [1.29, 1.82) is 0 Å². The lowest BCUT2D eigenvalue weighted by Gasteiger charge is -2.37. The van der Waals surface area contributed by atoms with E-state index in [-0.39, 0.29) is 18.7 Å².